The van der Waals surface area contributed by atoms with E-state index in [0.717, 1.165) is 25.8 Å². The van der Waals surface area contributed by atoms with Gasteiger partial charge < -0.3 is 14.8 Å². The highest BCUT2D eigenvalue weighted by atomic mass is 127. The second kappa shape index (κ2) is 10.8. The minimum absolute atomic E-state index is 0.151. The number of amides is 1. The minimum atomic E-state index is -0.262. The number of aryl methyl sites for hydroxylation is 2. The third-order valence-corrected chi connectivity index (χ3v) is 5.53. The van der Waals surface area contributed by atoms with Crippen LogP contribution in [0.4, 0.5) is 5.69 Å². The zero-order chi connectivity index (χ0) is 23.1. The number of hydrogen-bond donors (Lipinski definition) is 1. The van der Waals surface area contributed by atoms with E-state index in [1.807, 2.05) is 74.5 Å². The van der Waals surface area contributed by atoms with Crippen molar-refractivity contribution in [1.82, 2.24) is 0 Å². The molecule has 0 atom stereocenters. The number of rotatable bonds is 7. The molecule has 1 amide bonds. The van der Waals surface area contributed by atoms with Gasteiger partial charge in [0.1, 0.15) is 0 Å². The van der Waals surface area contributed by atoms with E-state index in [2.05, 4.69) is 34.0 Å². The maximum atomic E-state index is 12.3. The van der Waals surface area contributed by atoms with Crippen molar-refractivity contribution in [1.29, 1.82) is 5.26 Å². The molecule has 0 unspecified atom stereocenters. The molecule has 0 saturated carbocycles. The number of nitrogens with one attached hydrogen (secondary N) is 1. The van der Waals surface area contributed by atoms with Crippen molar-refractivity contribution in [2.45, 2.75) is 13.8 Å². The first kappa shape index (κ1) is 23.4. The Balaban J connectivity index is 1.77. The van der Waals surface area contributed by atoms with E-state index in [4.69, 9.17) is 9.47 Å². The lowest BCUT2D eigenvalue weighted by Gasteiger charge is -2.14. The van der Waals surface area contributed by atoms with Crippen molar-refractivity contribution in [2.75, 3.05) is 19.0 Å². The van der Waals surface area contributed by atoms with Crippen molar-refractivity contribution in [3.8, 4) is 17.6 Å². The van der Waals surface area contributed by atoms with Crippen molar-refractivity contribution >= 4 is 45.8 Å². The molecular weight excluding hydrogens is 515 g/mol. The fraction of sp³-hybridized carbons (Fsp3) is 0.154. The molecule has 1 N–H and O–H groups in total. The van der Waals surface area contributed by atoms with E-state index in [1.54, 1.807) is 13.2 Å². The molecule has 162 valence electrons. The highest BCUT2D eigenvalue weighted by Crippen LogP contribution is 2.35. The highest BCUT2D eigenvalue weighted by Gasteiger charge is 2.14. The SMILES string of the molecule is COc1cc(/C=C(/C#N)c2ccc(C)cc2)cc(I)c1OCC(=O)Nc1ccc(C)cc1. The average Bonchev–Trinajstić information content (AvgIpc) is 2.78. The molecule has 3 aromatic rings. The Morgan fingerprint density at radius 3 is 2.28 bits per heavy atom. The average molecular weight is 538 g/mol. The monoisotopic (exact) mass is 538 g/mol. The molecule has 0 aliphatic heterocycles. The van der Waals surface area contributed by atoms with E-state index in [9.17, 15) is 10.1 Å². The predicted molar refractivity (Wildman–Crippen MR) is 136 cm³/mol. The van der Waals surface area contributed by atoms with Crippen LogP contribution in [0.1, 0.15) is 22.3 Å². The normalized spacial score (nSPS) is 10.9. The summed E-state index contributed by atoms with van der Waals surface area (Å²) < 4.78 is 12.0. The molecule has 0 spiro atoms. The lowest BCUT2D eigenvalue weighted by molar-refractivity contribution is -0.118. The zero-order valence-electron chi connectivity index (χ0n) is 18.1. The molecule has 0 bridgehead atoms. The number of hydrogen-bond acceptors (Lipinski definition) is 4. The summed E-state index contributed by atoms with van der Waals surface area (Å²) in [5.74, 6) is 0.715. The number of anilines is 1. The molecule has 32 heavy (non-hydrogen) atoms. The second-order valence-corrected chi connectivity index (χ2v) is 8.44. The fourth-order valence-electron chi connectivity index (χ4n) is 3.01. The number of carbonyl (C=O) groups is 1. The van der Waals surface area contributed by atoms with Crippen LogP contribution in [0.5, 0.6) is 11.5 Å². The number of carbonyl (C=O) groups excluding carboxylic acids is 1. The van der Waals surface area contributed by atoms with Gasteiger partial charge in [0, 0.05) is 5.69 Å². The maximum absolute atomic E-state index is 12.3. The summed E-state index contributed by atoms with van der Waals surface area (Å²) in [6.07, 6.45) is 1.81. The standard InChI is InChI=1S/C26H23IN2O3/c1-17-4-8-20(9-5-17)21(15-28)12-19-13-23(27)26(24(14-19)31-3)32-16-25(30)29-22-10-6-18(2)7-11-22/h4-14H,16H2,1-3H3,(H,29,30)/b21-12-. The van der Waals surface area contributed by atoms with Crippen molar-refractivity contribution in [3.63, 3.8) is 0 Å². The highest BCUT2D eigenvalue weighted by molar-refractivity contribution is 14.1. The van der Waals surface area contributed by atoms with Gasteiger partial charge in [-0.25, -0.2) is 0 Å². The Kier molecular flexibility index (Phi) is 7.90. The molecule has 0 aromatic heterocycles. The molecule has 3 rings (SSSR count). The summed E-state index contributed by atoms with van der Waals surface area (Å²) in [4.78, 5) is 12.3. The Morgan fingerprint density at radius 2 is 1.69 bits per heavy atom. The van der Waals surface area contributed by atoms with Crippen LogP contribution in [0, 0.1) is 28.7 Å². The topological polar surface area (TPSA) is 71.3 Å². The molecule has 0 fully saturated rings. The molecule has 0 saturated heterocycles. The van der Waals surface area contributed by atoms with Gasteiger partial charge in [0.25, 0.3) is 5.91 Å². The Hall–Kier alpha value is -3.31. The van der Waals surface area contributed by atoms with E-state index in [-0.39, 0.29) is 12.5 Å². The molecule has 0 aliphatic rings. The number of halogens is 1. The molecule has 5 nitrogen and oxygen atoms in total. The van der Waals surface area contributed by atoms with E-state index >= 15 is 0 Å². The Morgan fingerprint density at radius 1 is 1.06 bits per heavy atom. The van der Waals surface area contributed by atoms with Crippen LogP contribution in [-0.4, -0.2) is 19.6 Å². The van der Waals surface area contributed by atoms with Crippen molar-refractivity contribution in [3.05, 3.63) is 86.5 Å². The van der Waals surface area contributed by atoms with Crippen LogP contribution in [0.15, 0.2) is 60.7 Å². The van der Waals surface area contributed by atoms with Crippen LogP contribution >= 0.6 is 22.6 Å². The van der Waals surface area contributed by atoms with Crippen molar-refractivity contribution < 1.29 is 14.3 Å². The number of ether oxygens (including phenoxy) is 2. The number of methoxy groups -OCH3 is 1. The quantitative estimate of drug-likeness (QED) is 0.228. The van der Waals surface area contributed by atoms with Gasteiger partial charge in [-0.3, -0.25) is 4.79 Å². The summed E-state index contributed by atoms with van der Waals surface area (Å²) >= 11 is 2.14. The number of nitrogens with zero attached hydrogens (tertiary/aromatic N) is 1. The van der Waals surface area contributed by atoms with Crippen molar-refractivity contribution in [2.24, 2.45) is 0 Å². The number of allylic oxidation sites excluding steroid dienone is 1. The van der Waals surface area contributed by atoms with Crippen LogP contribution in [0.3, 0.4) is 0 Å². The first-order chi connectivity index (χ1) is 15.4. The largest absolute Gasteiger partial charge is 0.493 e. The summed E-state index contributed by atoms with van der Waals surface area (Å²) in [6, 6.07) is 21.3. The molecular formula is C26H23IN2O3. The van der Waals surface area contributed by atoms with Crippen LogP contribution in [0.25, 0.3) is 11.6 Å². The Bertz CT molecular complexity index is 1180. The van der Waals surface area contributed by atoms with Crippen LogP contribution in [-0.2, 0) is 4.79 Å². The first-order valence-corrected chi connectivity index (χ1v) is 11.0. The molecule has 0 heterocycles. The molecule has 3 aromatic carbocycles. The third-order valence-electron chi connectivity index (χ3n) is 4.73. The van der Waals surface area contributed by atoms with Gasteiger partial charge >= 0.3 is 0 Å². The summed E-state index contributed by atoms with van der Waals surface area (Å²) in [5, 5.41) is 12.4. The number of benzene rings is 3. The van der Waals surface area contributed by atoms with Gasteiger partial charge in [0.15, 0.2) is 18.1 Å². The van der Waals surface area contributed by atoms with Gasteiger partial charge in [-0.05, 0) is 77.9 Å². The van der Waals surface area contributed by atoms with Gasteiger partial charge in [0.05, 0.1) is 22.3 Å². The number of nitriles is 1. The van der Waals surface area contributed by atoms with Gasteiger partial charge in [0.2, 0.25) is 0 Å². The zero-order valence-corrected chi connectivity index (χ0v) is 20.3. The van der Waals surface area contributed by atoms with Gasteiger partial charge in [-0.2, -0.15) is 5.26 Å². The third kappa shape index (κ3) is 6.11. The summed E-state index contributed by atoms with van der Waals surface area (Å²) in [5.41, 5.74) is 5.17. The fourth-order valence-corrected chi connectivity index (χ4v) is 3.80. The minimum Gasteiger partial charge on any atom is -0.493 e. The maximum Gasteiger partial charge on any atom is 0.262 e. The molecule has 6 heteroatoms. The molecule has 0 aliphatic carbocycles. The van der Waals surface area contributed by atoms with Crippen LogP contribution < -0.4 is 14.8 Å². The molecule has 0 radical (unpaired) electrons. The summed E-state index contributed by atoms with van der Waals surface area (Å²) in [6.45, 7) is 3.84. The summed E-state index contributed by atoms with van der Waals surface area (Å²) in [7, 11) is 1.54. The first-order valence-electron chi connectivity index (χ1n) is 9.95. The van der Waals surface area contributed by atoms with E-state index in [1.165, 1.54) is 0 Å². The predicted octanol–water partition coefficient (Wildman–Crippen LogP) is 6.00. The lowest BCUT2D eigenvalue weighted by atomic mass is 10.0. The van der Waals surface area contributed by atoms with E-state index in [0.29, 0.717) is 22.8 Å². The second-order valence-electron chi connectivity index (χ2n) is 7.27. The van der Waals surface area contributed by atoms with Gasteiger partial charge in [-0.15, -0.1) is 0 Å². The lowest BCUT2D eigenvalue weighted by Crippen LogP contribution is -2.20. The van der Waals surface area contributed by atoms with Gasteiger partial charge in [-0.1, -0.05) is 47.5 Å². The Labute approximate surface area is 201 Å². The smallest absolute Gasteiger partial charge is 0.262 e. The van der Waals surface area contributed by atoms with Crippen LogP contribution in [0.2, 0.25) is 0 Å². The van der Waals surface area contributed by atoms with E-state index < -0.39 is 0 Å².